The largest absolute Gasteiger partial charge is 0.473 e. The van der Waals surface area contributed by atoms with E-state index >= 15 is 0 Å². The molecule has 1 heterocycles. The summed E-state index contributed by atoms with van der Waals surface area (Å²) in [4.78, 5) is 29.8. The van der Waals surface area contributed by atoms with Crippen LogP contribution in [0.15, 0.2) is 10.6 Å². The zero-order valence-electron chi connectivity index (χ0n) is 13.6. The van der Waals surface area contributed by atoms with E-state index in [0.29, 0.717) is 18.1 Å². The van der Waals surface area contributed by atoms with Crippen LogP contribution in [0, 0.1) is 12.8 Å². The highest BCUT2D eigenvalue weighted by Gasteiger charge is 2.13. The van der Waals surface area contributed by atoms with Gasteiger partial charge in [0.15, 0.2) is 5.82 Å². The molecule has 1 fully saturated rings. The van der Waals surface area contributed by atoms with Crippen molar-refractivity contribution in [1.29, 1.82) is 0 Å². The number of carboxylic acids is 2. The fourth-order valence-electron chi connectivity index (χ4n) is 2.39. The number of rotatable bonds is 5. The molecule has 134 valence electrons. The van der Waals surface area contributed by atoms with Crippen molar-refractivity contribution < 1.29 is 29.1 Å². The van der Waals surface area contributed by atoms with Gasteiger partial charge in [0.05, 0.1) is 6.54 Å². The van der Waals surface area contributed by atoms with Crippen LogP contribution in [0.25, 0.3) is 0 Å². The minimum absolute atomic E-state index is 0.0703. The number of carbonyl (C=O) groups excluding carboxylic acids is 1. The molecule has 9 nitrogen and oxygen atoms in total. The third kappa shape index (κ3) is 8.28. The fraction of sp³-hybridized carbons (Fsp3) is 0.600. The SMILES string of the molecule is Cc1cc(NC(=O)CNCC2CCCCC2)no1.O=C(O)C(=O)O. The topological polar surface area (TPSA) is 142 Å². The summed E-state index contributed by atoms with van der Waals surface area (Å²) in [7, 11) is 0. The van der Waals surface area contributed by atoms with E-state index in [1.165, 1.54) is 32.1 Å². The van der Waals surface area contributed by atoms with Crippen molar-refractivity contribution in [1.82, 2.24) is 10.5 Å². The molecule has 0 bridgehead atoms. The van der Waals surface area contributed by atoms with Gasteiger partial charge >= 0.3 is 11.9 Å². The molecule has 1 aromatic rings. The molecule has 0 aromatic carbocycles. The van der Waals surface area contributed by atoms with Gasteiger partial charge in [-0.3, -0.25) is 4.79 Å². The van der Waals surface area contributed by atoms with Gasteiger partial charge in [0.25, 0.3) is 0 Å². The lowest BCUT2D eigenvalue weighted by Gasteiger charge is -2.21. The number of aromatic nitrogens is 1. The summed E-state index contributed by atoms with van der Waals surface area (Å²) in [6.45, 7) is 3.07. The van der Waals surface area contributed by atoms with Crippen molar-refractivity contribution in [3.8, 4) is 0 Å². The molecule has 4 N–H and O–H groups in total. The van der Waals surface area contributed by atoms with Gasteiger partial charge in [0.1, 0.15) is 5.76 Å². The molecule has 2 rings (SSSR count). The molecule has 1 aliphatic carbocycles. The third-order valence-corrected chi connectivity index (χ3v) is 3.52. The first-order valence-electron chi connectivity index (χ1n) is 7.78. The van der Waals surface area contributed by atoms with E-state index in [1.54, 1.807) is 13.0 Å². The maximum absolute atomic E-state index is 11.6. The number of hydrogen-bond donors (Lipinski definition) is 4. The minimum atomic E-state index is -1.82. The van der Waals surface area contributed by atoms with Crippen molar-refractivity contribution in [2.24, 2.45) is 5.92 Å². The fourth-order valence-corrected chi connectivity index (χ4v) is 2.39. The van der Waals surface area contributed by atoms with Crippen LogP contribution < -0.4 is 10.6 Å². The lowest BCUT2D eigenvalue weighted by atomic mass is 9.89. The third-order valence-electron chi connectivity index (χ3n) is 3.52. The lowest BCUT2D eigenvalue weighted by Crippen LogP contribution is -2.32. The van der Waals surface area contributed by atoms with E-state index in [-0.39, 0.29) is 5.91 Å². The Bertz CT molecular complexity index is 539. The number of aryl methyl sites for hydroxylation is 1. The first-order chi connectivity index (χ1) is 11.4. The summed E-state index contributed by atoms with van der Waals surface area (Å²) >= 11 is 0. The average Bonchev–Trinajstić information content (AvgIpc) is 2.94. The summed E-state index contributed by atoms with van der Waals surface area (Å²) < 4.78 is 4.88. The quantitative estimate of drug-likeness (QED) is 0.586. The van der Waals surface area contributed by atoms with Crippen LogP contribution in [0.1, 0.15) is 37.9 Å². The Labute approximate surface area is 139 Å². The Morgan fingerprint density at radius 3 is 2.33 bits per heavy atom. The van der Waals surface area contributed by atoms with Crippen LogP contribution in [0.4, 0.5) is 5.82 Å². The number of carbonyl (C=O) groups is 3. The van der Waals surface area contributed by atoms with E-state index in [4.69, 9.17) is 24.3 Å². The van der Waals surface area contributed by atoms with Gasteiger partial charge in [-0.2, -0.15) is 0 Å². The normalized spacial score (nSPS) is 14.4. The van der Waals surface area contributed by atoms with Gasteiger partial charge in [-0.1, -0.05) is 24.4 Å². The number of hydrogen-bond acceptors (Lipinski definition) is 6. The van der Waals surface area contributed by atoms with Gasteiger partial charge in [0.2, 0.25) is 5.91 Å². The molecule has 1 aromatic heterocycles. The van der Waals surface area contributed by atoms with Crippen molar-refractivity contribution in [2.75, 3.05) is 18.4 Å². The highest BCUT2D eigenvalue weighted by atomic mass is 16.5. The Kier molecular flexibility index (Phi) is 8.48. The summed E-state index contributed by atoms with van der Waals surface area (Å²) in [6.07, 6.45) is 6.60. The van der Waals surface area contributed by atoms with Gasteiger partial charge in [0, 0.05) is 6.07 Å². The number of carboxylic acid groups (broad SMARTS) is 2. The van der Waals surface area contributed by atoms with E-state index in [2.05, 4.69) is 15.8 Å². The second-order valence-electron chi connectivity index (χ2n) is 5.62. The van der Waals surface area contributed by atoms with Crippen LogP contribution in [0.5, 0.6) is 0 Å². The highest BCUT2D eigenvalue weighted by molar-refractivity contribution is 6.27. The second kappa shape index (κ2) is 10.4. The molecular formula is C15H23N3O6. The molecule has 1 saturated carbocycles. The number of nitrogens with zero attached hydrogens (tertiary/aromatic N) is 1. The number of anilines is 1. The Morgan fingerprint density at radius 2 is 1.83 bits per heavy atom. The molecule has 0 radical (unpaired) electrons. The van der Waals surface area contributed by atoms with Crippen LogP contribution in [0.3, 0.4) is 0 Å². The van der Waals surface area contributed by atoms with Gasteiger partial charge in [-0.05, 0) is 32.2 Å². The maximum atomic E-state index is 11.6. The van der Waals surface area contributed by atoms with Gasteiger partial charge in [-0.15, -0.1) is 0 Å². The average molecular weight is 341 g/mol. The Hall–Kier alpha value is -2.42. The van der Waals surface area contributed by atoms with Crippen molar-refractivity contribution >= 4 is 23.7 Å². The van der Waals surface area contributed by atoms with E-state index in [0.717, 1.165) is 12.5 Å². The van der Waals surface area contributed by atoms with E-state index in [9.17, 15) is 4.79 Å². The van der Waals surface area contributed by atoms with Crippen LogP contribution >= 0.6 is 0 Å². The molecule has 0 saturated heterocycles. The van der Waals surface area contributed by atoms with Crippen LogP contribution in [-0.4, -0.2) is 46.3 Å². The molecule has 1 amide bonds. The molecule has 0 unspecified atom stereocenters. The molecule has 9 heteroatoms. The predicted octanol–water partition coefficient (Wildman–Crippen LogP) is 1.25. The lowest BCUT2D eigenvalue weighted by molar-refractivity contribution is -0.159. The second-order valence-corrected chi connectivity index (χ2v) is 5.62. The number of nitrogens with one attached hydrogen (secondary N) is 2. The smallest absolute Gasteiger partial charge is 0.414 e. The van der Waals surface area contributed by atoms with Crippen LogP contribution in [0.2, 0.25) is 0 Å². The van der Waals surface area contributed by atoms with E-state index in [1.807, 2.05) is 0 Å². The monoisotopic (exact) mass is 341 g/mol. The number of aliphatic carboxylic acids is 2. The summed E-state index contributed by atoms with van der Waals surface area (Å²) in [5, 5.41) is 24.4. The first kappa shape index (κ1) is 19.6. The van der Waals surface area contributed by atoms with Gasteiger partial charge in [-0.25, -0.2) is 9.59 Å². The molecular weight excluding hydrogens is 318 g/mol. The molecule has 0 atom stereocenters. The molecule has 0 spiro atoms. The maximum Gasteiger partial charge on any atom is 0.414 e. The summed E-state index contributed by atoms with van der Waals surface area (Å²) in [5.74, 6) is -1.80. The van der Waals surface area contributed by atoms with Crippen LogP contribution in [-0.2, 0) is 14.4 Å². The zero-order valence-corrected chi connectivity index (χ0v) is 13.6. The first-order valence-corrected chi connectivity index (χ1v) is 7.78. The van der Waals surface area contributed by atoms with Crippen molar-refractivity contribution in [3.63, 3.8) is 0 Å². The Morgan fingerprint density at radius 1 is 1.21 bits per heavy atom. The number of amides is 1. The molecule has 0 aliphatic heterocycles. The Balaban J connectivity index is 0.000000413. The zero-order chi connectivity index (χ0) is 17.9. The van der Waals surface area contributed by atoms with Gasteiger partial charge < -0.3 is 25.4 Å². The molecule has 24 heavy (non-hydrogen) atoms. The standard InChI is InChI=1S/C13H21N3O2.C2H2O4/c1-10-7-12(16-18-10)15-13(17)9-14-8-11-5-3-2-4-6-11;3-1(4)2(5)6/h7,11,14H,2-6,8-9H2,1H3,(H,15,16,17);(H,3,4)(H,5,6). The van der Waals surface area contributed by atoms with Crippen molar-refractivity contribution in [3.05, 3.63) is 11.8 Å². The predicted molar refractivity (Wildman–Crippen MR) is 84.6 cm³/mol. The minimum Gasteiger partial charge on any atom is -0.473 e. The van der Waals surface area contributed by atoms with E-state index < -0.39 is 11.9 Å². The summed E-state index contributed by atoms with van der Waals surface area (Å²) in [5.41, 5.74) is 0. The summed E-state index contributed by atoms with van der Waals surface area (Å²) in [6, 6.07) is 1.71. The highest BCUT2D eigenvalue weighted by Crippen LogP contribution is 2.22. The molecule has 1 aliphatic rings. The van der Waals surface area contributed by atoms with Crippen molar-refractivity contribution in [2.45, 2.75) is 39.0 Å².